The molecule has 4 aromatic carbocycles. The number of nitrogens with one attached hydrogen (secondary N) is 2. The van der Waals surface area contributed by atoms with Crippen molar-refractivity contribution in [3.05, 3.63) is 132 Å². The van der Waals surface area contributed by atoms with E-state index in [2.05, 4.69) is 51.0 Å². The van der Waals surface area contributed by atoms with E-state index in [1.165, 1.54) is 0 Å². The fraction of sp³-hybridized carbons (Fsp3) is 0.0714. The minimum Gasteiger partial charge on any atom is -0.329 e. The third kappa shape index (κ3) is 4.53. The van der Waals surface area contributed by atoms with Crippen LogP contribution in [-0.2, 0) is 0 Å². The van der Waals surface area contributed by atoms with Gasteiger partial charge in [0.1, 0.15) is 0 Å². The highest BCUT2D eigenvalue weighted by molar-refractivity contribution is 7.76. The summed E-state index contributed by atoms with van der Waals surface area (Å²) in [5.41, 5.74) is 3.98. The molecule has 10 heteroatoms. The predicted octanol–water partition coefficient (Wildman–Crippen LogP) is 7.30. The lowest BCUT2D eigenvalue weighted by Crippen LogP contribution is -2.31. The molecule has 0 bridgehead atoms. The van der Waals surface area contributed by atoms with Gasteiger partial charge in [-0.25, -0.2) is 14.0 Å². The van der Waals surface area contributed by atoms with Crippen molar-refractivity contribution in [3.8, 4) is 0 Å². The Bertz CT molecular complexity index is 1510. The summed E-state index contributed by atoms with van der Waals surface area (Å²) in [6.07, 6.45) is 0. The smallest absolute Gasteiger partial charge is 0.270 e. The summed E-state index contributed by atoms with van der Waals surface area (Å²) in [4.78, 5) is 0. The zero-order chi connectivity index (χ0) is 26.0. The molecule has 0 fully saturated rings. The van der Waals surface area contributed by atoms with Gasteiger partial charge in [0.15, 0.2) is 11.7 Å². The summed E-state index contributed by atoms with van der Waals surface area (Å²) >= 11 is 0. The van der Waals surface area contributed by atoms with E-state index in [0.717, 1.165) is 28.3 Å². The highest BCUT2D eigenvalue weighted by Crippen LogP contribution is 2.70. The Hall–Kier alpha value is -4.12. The molecule has 0 saturated heterocycles. The van der Waals surface area contributed by atoms with Crippen molar-refractivity contribution in [2.45, 2.75) is 0 Å². The standard InChI is InChI=1S/C28H28N8P2/c1-34-30-28(24-17-9-4-10-18-24)36(37(34)31-25-19-11-5-12-20-25)38(32-26-21-13-6-14-22-26)33-27(29-35(38)2)23-15-7-3-8-16-23/h3-22,31-32H,1-2H3. The van der Waals surface area contributed by atoms with Gasteiger partial charge < -0.3 is 10.2 Å². The van der Waals surface area contributed by atoms with Gasteiger partial charge >= 0.3 is 0 Å². The molecule has 2 atom stereocenters. The van der Waals surface area contributed by atoms with Crippen molar-refractivity contribution in [1.82, 2.24) is 14.0 Å². The van der Waals surface area contributed by atoms with Gasteiger partial charge in [-0.05, 0) is 24.3 Å². The highest BCUT2D eigenvalue weighted by Gasteiger charge is 2.49. The number of nitrogens with zero attached hydrogens (tertiary/aromatic N) is 6. The molecule has 2 aliphatic rings. The average molecular weight is 539 g/mol. The van der Waals surface area contributed by atoms with Gasteiger partial charge in [0.2, 0.25) is 8.37 Å². The maximum atomic E-state index is 5.42. The van der Waals surface area contributed by atoms with Crippen LogP contribution in [0.2, 0.25) is 0 Å². The summed E-state index contributed by atoms with van der Waals surface area (Å²) in [6, 6.07) is 40.9. The molecule has 2 heterocycles. The van der Waals surface area contributed by atoms with E-state index >= 15 is 0 Å². The molecule has 0 amide bonds. The third-order valence-corrected chi connectivity index (χ3v) is 11.7. The summed E-state index contributed by atoms with van der Waals surface area (Å²) in [7, 11) is 0.0751. The highest BCUT2D eigenvalue weighted by atomic mass is 31.2. The first-order valence-electron chi connectivity index (χ1n) is 12.3. The number of rotatable bonds is 7. The van der Waals surface area contributed by atoms with E-state index in [0.29, 0.717) is 5.84 Å². The fourth-order valence-electron chi connectivity index (χ4n) is 4.30. The van der Waals surface area contributed by atoms with Gasteiger partial charge in [-0.3, -0.25) is 0 Å². The zero-order valence-electron chi connectivity index (χ0n) is 21.1. The maximum Gasteiger partial charge on any atom is 0.270 e. The molecule has 4 aromatic rings. The molecule has 2 unspecified atom stereocenters. The van der Waals surface area contributed by atoms with E-state index < -0.39 is 15.9 Å². The molecule has 0 radical (unpaired) electrons. The third-order valence-electron chi connectivity index (χ3n) is 6.14. The van der Waals surface area contributed by atoms with E-state index in [-0.39, 0.29) is 0 Å². The van der Waals surface area contributed by atoms with E-state index in [9.17, 15) is 0 Å². The van der Waals surface area contributed by atoms with Gasteiger partial charge in [-0.15, -0.1) is 5.10 Å². The second-order valence-corrected chi connectivity index (χ2v) is 13.4. The van der Waals surface area contributed by atoms with Crippen LogP contribution in [0.25, 0.3) is 0 Å². The molecule has 2 N–H and O–H groups in total. The summed E-state index contributed by atoms with van der Waals surface area (Å²) in [5.74, 6) is 1.54. The summed E-state index contributed by atoms with van der Waals surface area (Å²) in [5, 5.41) is 17.6. The minimum absolute atomic E-state index is 0.696. The lowest BCUT2D eigenvalue weighted by atomic mass is 10.2. The van der Waals surface area contributed by atoms with E-state index in [4.69, 9.17) is 14.9 Å². The van der Waals surface area contributed by atoms with Crippen LogP contribution in [0.1, 0.15) is 11.1 Å². The Balaban J connectivity index is 1.54. The Morgan fingerprint density at radius 1 is 0.632 bits per heavy atom. The lowest BCUT2D eigenvalue weighted by molar-refractivity contribution is 0.577. The molecule has 6 rings (SSSR count). The van der Waals surface area contributed by atoms with Crippen LogP contribution >= 0.6 is 15.9 Å². The molecule has 8 nitrogen and oxygen atoms in total. The van der Waals surface area contributed by atoms with Gasteiger partial charge in [0.25, 0.3) is 7.51 Å². The second kappa shape index (κ2) is 10.3. The molecule has 0 spiro atoms. The van der Waals surface area contributed by atoms with Crippen molar-refractivity contribution in [2.24, 2.45) is 14.9 Å². The number of amidine groups is 2. The Labute approximate surface area is 224 Å². The number of benzene rings is 4. The van der Waals surface area contributed by atoms with Crippen LogP contribution in [0.3, 0.4) is 0 Å². The lowest BCUT2D eigenvalue weighted by Gasteiger charge is -2.40. The van der Waals surface area contributed by atoms with Crippen LogP contribution in [-0.4, -0.2) is 39.8 Å². The van der Waals surface area contributed by atoms with Crippen molar-refractivity contribution < 1.29 is 0 Å². The normalized spacial score (nSPS) is 20.6. The molecule has 0 aliphatic carbocycles. The first kappa shape index (κ1) is 24.2. The van der Waals surface area contributed by atoms with Crippen molar-refractivity contribution in [1.29, 1.82) is 0 Å². The SMILES string of the molecule is CN1N=C(c2ccccc2)N(P2(Nc3ccccc3)=NC(c3ccccc3)=NN2C)P1Nc1ccccc1. The molecule has 0 saturated carbocycles. The average Bonchev–Trinajstić information content (AvgIpc) is 3.47. The maximum absolute atomic E-state index is 5.42. The molecular formula is C28H28N8P2. The Morgan fingerprint density at radius 3 is 1.76 bits per heavy atom. The Morgan fingerprint density at radius 2 is 1.16 bits per heavy atom. The monoisotopic (exact) mass is 538 g/mol. The van der Waals surface area contributed by atoms with Gasteiger partial charge in [-0.2, -0.15) is 9.85 Å². The van der Waals surface area contributed by atoms with Crippen LogP contribution in [0.4, 0.5) is 11.4 Å². The summed E-state index contributed by atoms with van der Waals surface area (Å²) < 4.78 is 11.8. The first-order valence-corrected chi connectivity index (χ1v) is 15.2. The quantitative estimate of drug-likeness (QED) is 0.242. The van der Waals surface area contributed by atoms with Crippen molar-refractivity contribution in [2.75, 3.05) is 24.3 Å². The van der Waals surface area contributed by atoms with Crippen molar-refractivity contribution in [3.63, 3.8) is 0 Å². The Kier molecular flexibility index (Phi) is 6.59. The van der Waals surface area contributed by atoms with Gasteiger partial charge in [0, 0.05) is 36.6 Å². The second-order valence-electron chi connectivity index (χ2n) is 8.76. The topological polar surface area (TPSA) is 70.9 Å². The number of anilines is 2. The number of hydrazone groups is 2. The molecular weight excluding hydrogens is 510 g/mol. The van der Waals surface area contributed by atoms with E-state index in [1.54, 1.807) is 0 Å². The van der Waals surface area contributed by atoms with Crippen LogP contribution in [0.15, 0.2) is 136 Å². The first-order chi connectivity index (χ1) is 18.6. The van der Waals surface area contributed by atoms with Crippen LogP contribution in [0.5, 0.6) is 0 Å². The van der Waals surface area contributed by atoms with Crippen LogP contribution < -0.4 is 10.2 Å². The summed E-state index contributed by atoms with van der Waals surface area (Å²) in [6.45, 7) is 0. The predicted molar refractivity (Wildman–Crippen MR) is 160 cm³/mol. The largest absolute Gasteiger partial charge is 0.329 e. The zero-order valence-corrected chi connectivity index (χ0v) is 22.9. The molecule has 0 aromatic heterocycles. The van der Waals surface area contributed by atoms with Gasteiger partial charge in [0.05, 0.1) is 0 Å². The number of hydrogen-bond acceptors (Lipinski definition) is 8. The molecule has 190 valence electrons. The van der Waals surface area contributed by atoms with Crippen molar-refractivity contribution >= 4 is 38.9 Å². The fourth-order valence-corrected chi connectivity index (χ4v) is 9.99. The van der Waals surface area contributed by atoms with E-state index in [1.807, 2.05) is 109 Å². The van der Waals surface area contributed by atoms with Crippen LogP contribution in [0, 0.1) is 0 Å². The minimum atomic E-state index is -2.75. The number of para-hydroxylation sites is 2. The number of hydrogen-bond donors (Lipinski definition) is 2. The van der Waals surface area contributed by atoms with Gasteiger partial charge in [-0.1, -0.05) is 97.1 Å². The molecule has 38 heavy (non-hydrogen) atoms. The molecule has 2 aliphatic heterocycles.